The van der Waals surface area contributed by atoms with Gasteiger partial charge in [-0.25, -0.2) is 8.81 Å². The van der Waals surface area contributed by atoms with E-state index in [1.54, 1.807) is 10.5 Å². The van der Waals surface area contributed by atoms with E-state index in [9.17, 15) is 9.65 Å². The van der Waals surface area contributed by atoms with Gasteiger partial charge >= 0.3 is 0 Å². The first kappa shape index (κ1) is 17.7. The molecule has 1 aliphatic rings. The van der Waals surface area contributed by atoms with Crippen LogP contribution in [-0.2, 0) is 0 Å². The van der Waals surface area contributed by atoms with E-state index < -0.39 is 12.2 Å². The van der Waals surface area contributed by atoms with E-state index in [-0.39, 0.29) is 6.04 Å². The molecule has 0 aromatic heterocycles. The van der Waals surface area contributed by atoms with Crippen molar-refractivity contribution in [3.63, 3.8) is 0 Å². The summed E-state index contributed by atoms with van der Waals surface area (Å²) in [4.78, 5) is 2.16. The molecule has 0 amide bonds. The van der Waals surface area contributed by atoms with Gasteiger partial charge in [-0.2, -0.15) is 5.26 Å². The number of hydrogen-bond donors (Lipinski definition) is 0. The molecule has 3 unspecified atom stereocenters. The van der Waals surface area contributed by atoms with Crippen LogP contribution in [0.25, 0.3) is 0 Å². The molecule has 1 aliphatic heterocycles. The molecule has 3 rings (SSSR count). The molecule has 2 aromatic rings. The largest absolute Gasteiger partial charge is 0.368 e. The van der Waals surface area contributed by atoms with E-state index in [4.69, 9.17) is 11.8 Å². The van der Waals surface area contributed by atoms with Crippen LogP contribution in [-0.4, -0.2) is 29.7 Å². The predicted octanol–water partition coefficient (Wildman–Crippen LogP) is 4.69. The molecule has 0 spiro atoms. The van der Waals surface area contributed by atoms with Crippen LogP contribution in [0.5, 0.6) is 0 Å². The monoisotopic (exact) mass is 357 g/mol. The fourth-order valence-corrected chi connectivity index (χ4v) is 3.76. The minimum Gasteiger partial charge on any atom is -0.368 e. The maximum atomic E-state index is 14.6. The molecule has 130 valence electrons. The maximum absolute atomic E-state index is 14.6. The van der Waals surface area contributed by atoms with E-state index in [0.29, 0.717) is 25.1 Å². The summed E-state index contributed by atoms with van der Waals surface area (Å²) in [5.41, 5.74) is 2.47. The van der Waals surface area contributed by atoms with E-state index >= 15 is 0 Å². The molecule has 0 saturated carbocycles. The van der Waals surface area contributed by atoms with Crippen LogP contribution in [0.2, 0.25) is 0 Å². The first-order valence-corrected chi connectivity index (χ1v) is 8.86. The topological polar surface area (TPSA) is 30.3 Å². The van der Waals surface area contributed by atoms with Gasteiger partial charge < -0.3 is 4.90 Å². The Bertz CT molecular complexity index is 746. The van der Waals surface area contributed by atoms with Crippen molar-refractivity contribution in [2.24, 2.45) is 0 Å². The van der Waals surface area contributed by atoms with Crippen LogP contribution in [0.4, 0.5) is 10.1 Å². The van der Waals surface area contributed by atoms with Gasteiger partial charge in [-0.1, -0.05) is 43.3 Å². The highest BCUT2D eigenvalue weighted by molar-refractivity contribution is 6.14. The van der Waals surface area contributed by atoms with Crippen molar-refractivity contribution in [1.29, 1.82) is 5.26 Å². The van der Waals surface area contributed by atoms with Crippen molar-refractivity contribution in [1.82, 2.24) is 4.42 Å². The highest BCUT2D eigenvalue weighted by Crippen LogP contribution is 2.36. The first-order chi connectivity index (χ1) is 12.2. The lowest BCUT2D eigenvalue weighted by molar-refractivity contribution is 0.129. The van der Waals surface area contributed by atoms with Gasteiger partial charge in [0.2, 0.25) is 0 Å². The Kier molecular flexibility index (Phi) is 5.57. The molecule has 1 fully saturated rings. The predicted molar refractivity (Wildman–Crippen MR) is 99.2 cm³/mol. The lowest BCUT2D eigenvalue weighted by atomic mass is 9.95. The average Bonchev–Trinajstić information content (AvgIpc) is 2.68. The molecule has 0 radical (unpaired) electrons. The normalized spacial score (nSPS) is 22.4. The zero-order valence-electron chi connectivity index (χ0n) is 14.1. The van der Waals surface area contributed by atoms with Crippen LogP contribution in [0, 0.1) is 11.3 Å². The summed E-state index contributed by atoms with van der Waals surface area (Å²) in [6.07, 6.45) is -0.621. The number of nitrogens with zero attached hydrogens (tertiary/aromatic N) is 3. The lowest BCUT2D eigenvalue weighted by Crippen LogP contribution is -2.54. The van der Waals surface area contributed by atoms with Crippen LogP contribution < -0.4 is 4.90 Å². The smallest absolute Gasteiger partial charge is 0.118 e. The highest BCUT2D eigenvalue weighted by atomic mass is 35.5. The third-order valence-electron chi connectivity index (χ3n) is 4.78. The summed E-state index contributed by atoms with van der Waals surface area (Å²) in [7, 11) is 0. The second-order valence-corrected chi connectivity index (χ2v) is 6.68. The Hall–Kier alpha value is -2.09. The summed E-state index contributed by atoms with van der Waals surface area (Å²) in [6, 6.07) is 18.9. The van der Waals surface area contributed by atoms with Crippen molar-refractivity contribution in [2.45, 2.75) is 31.6 Å². The minimum absolute atomic E-state index is 0.249. The molecule has 2 aromatic carbocycles. The van der Waals surface area contributed by atoms with Gasteiger partial charge in [-0.3, -0.25) is 0 Å². The fraction of sp³-hybridized carbons (Fsp3) is 0.350. The van der Waals surface area contributed by atoms with E-state index in [1.807, 2.05) is 55.5 Å². The van der Waals surface area contributed by atoms with Crippen LogP contribution in [0.1, 0.15) is 30.5 Å². The van der Waals surface area contributed by atoms with Gasteiger partial charge in [-0.05, 0) is 42.0 Å². The third-order valence-corrected chi connectivity index (χ3v) is 5.27. The molecule has 1 heterocycles. The Balaban J connectivity index is 1.99. The van der Waals surface area contributed by atoms with E-state index in [1.165, 1.54) is 0 Å². The number of benzene rings is 2. The van der Waals surface area contributed by atoms with Crippen molar-refractivity contribution < 1.29 is 4.39 Å². The number of para-hydroxylation sites is 1. The SMILES string of the molecule is CCC(F)C1CN(c2ccccc2)CC(c2ccccc2C#N)N1Cl. The number of halogens is 2. The van der Waals surface area contributed by atoms with E-state index in [2.05, 4.69) is 11.0 Å². The van der Waals surface area contributed by atoms with Gasteiger partial charge in [0, 0.05) is 18.8 Å². The second-order valence-electron chi connectivity index (χ2n) is 6.29. The molecule has 1 saturated heterocycles. The van der Waals surface area contributed by atoms with Crippen molar-refractivity contribution in [3.8, 4) is 6.07 Å². The maximum Gasteiger partial charge on any atom is 0.118 e. The third kappa shape index (κ3) is 3.63. The highest BCUT2D eigenvalue weighted by Gasteiger charge is 2.39. The van der Waals surface area contributed by atoms with Gasteiger partial charge in [0.1, 0.15) is 6.17 Å². The molecule has 0 bridgehead atoms. The van der Waals surface area contributed by atoms with E-state index in [0.717, 1.165) is 11.3 Å². The molecule has 0 N–H and O–H groups in total. The summed E-state index contributed by atoms with van der Waals surface area (Å²) in [5, 5.41) is 9.44. The number of nitriles is 1. The quantitative estimate of drug-likeness (QED) is 0.743. The standard InChI is InChI=1S/C20H21ClFN3/c1-2-18(22)20-14-24(16-9-4-3-5-10-16)13-19(25(20)21)17-11-7-6-8-15(17)12-23/h3-11,18-20H,2,13-14H2,1H3. The number of hydrogen-bond acceptors (Lipinski definition) is 3. The average molecular weight is 358 g/mol. The summed E-state index contributed by atoms with van der Waals surface area (Å²) >= 11 is 6.60. The Morgan fingerprint density at radius 1 is 1.16 bits per heavy atom. The Morgan fingerprint density at radius 2 is 1.84 bits per heavy atom. The fourth-order valence-electron chi connectivity index (χ4n) is 3.41. The van der Waals surface area contributed by atoms with Crippen LogP contribution in [0.3, 0.4) is 0 Å². The number of piperazine rings is 1. The second kappa shape index (κ2) is 7.86. The molecule has 5 heteroatoms. The van der Waals surface area contributed by atoms with Gasteiger partial charge in [0.05, 0.1) is 23.7 Å². The molecular formula is C20H21ClFN3. The molecule has 0 aliphatic carbocycles. The molecule has 3 atom stereocenters. The zero-order chi connectivity index (χ0) is 17.8. The molecule has 25 heavy (non-hydrogen) atoms. The number of rotatable bonds is 4. The lowest BCUT2D eigenvalue weighted by Gasteiger charge is -2.45. The number of alkyl halides is 1. The molecular weight excluding hydrogens is 337 g/mol. The summed E-state index contributed by atoms with van der Waals surface area (Å²) < 4.78 is 16.2. The van der Waals surface area contributed by atoms with Crippen LogP contribution in [0.15, 0.2) is 54.6 Å². The first-order valence-electron chi connectivity index (χ1n) is 8.53. The summed E-state index contributed by atoms with van der Waals surface area (Å²) in [6.45, 7) is 2.96. The van der Waals surface area contributed by atoms with Gasteiger partial charge in [-0.15, -0.1) is 0 Å². The van der Waals surface area contributed by atoms with Crippen LogP contribution >= 0.6 is 11.8 Å². The zero-order valence-corrected chi connectivity index (χ0v) is 14.9. The number of anilines is 1. The molecule has 3 nitrogen and oxygen atoms in total. The Morgan fingerprint density at radius 3 is 2.52 bits per heavy atom. The van der Waals surface area contributed by atoms with Gasteiger partial charge in [0.25, 0.3) is 0 Å². The Labute approximate surface area is 153 Å². The van der Waals surface area contributed by atoms with Crippen molar-refractivity contribution in [2.75, 3.05) is 18.0 Å². The van der Waals surface area contributed by atoms with Gasteiger partial charge in [0.15, 0.2) is 0 Å². The van der Waals surface area contributed by atoms with Crippen molar-refractivity contribution >= 4 is 17.5 Å². The minimum atomic E-state index is -1.03. The van der Waals surface area contributed by atoms with Crippen molar-refractivity contribution in [3.05, 3.63) is 65.7 Å². The summed E-state index contributed by atoms with van der Waals surface area (Å²) in [5.74, 6) is 0.